The highest BCUT2D eigenvalue weighted by Gasteiger charge is 2.42. The second-order valence-corrected chi connectivity index (χ2v) is 6.17. The Labute approximate surface area is 158 Å². The molecule has 0 amide bonds. The fourth-order valence-corrected chi connectivity index (χ4v) is 3.38. The Balaban J connectivity index is 1.99. The van der Waals surface area contributed by atoms with E-state index in [2.05, 4.69) is 0 Å². The van der Waals surface area contributed by atoms with Crippen LogP contribution in [0.2, 0.25) is 0 Å². The monoisotopic (exact) mass is 380 g/mol. The Hall–Kier alpha value is -3.81. The number of hydrogen-bond donors (Lipinski definition) is 1. The molecule has 0 bridgehead atoms. The van der Waals surface area contributed by atoms with Crippen molar-refractivity contribution >= 4 is 11.0 Å². The molecule has 0 fully saturated rings. The molecule has 8 heteroatoms. The van der Waals surface area contributed by atoms with Crippen LogP contribution in [-0.4, -0.2) is 11.5 Å². The van der Waals surface area contributed by atoms with Crippen LogP contribution in [0.25, 0.3) is 11.0 Å². The molecule has 8 nitrogen and oxygen atoms in total. The van der Waals surface area contributed by atoms with Crippen LogP contribution in [-0.2, 0) is 0 Å². The van der Waals surface area contributed by atoms with Crippen LogP contribution < -0.4 is 20.8 Å². The molecular formula is C20H16N2O6. The second kappa shape index (κ2) is 6.73. The molecule has 142 valence electrons. The summed E-state index contributed by atoms with van der Waals surface area (Å²) >= 11 is 0. The van der Waals surface area contributed by atoms with Gasteiger partial charge < -0.3 is 19.6 Å². The van der Waals surface area contributed by atoms with Crippen molar-refractivity contribution < 1.29 is 18.8 Å². The van der Waals surface area contributed by atoms with Crippen molar-refractivity contribution in [3.63, 3.8) is 0 Å². The molecule has 2 aromatic carbocycles. The number of nitrogens with zero attached hydrogens (tertiary/aromatic N) is 1. The minimum atomic E-state index is -1.03. The van der Waals surface area contributed by atoms with Crippen LogP contribution in [0, 0.1) is 10.1 Å². The summed E-state index contributed by atoms with van der Waals surface area (Å²) in [7, 11) is 0. The maximum absolute atomic E-state index is 12.7. The maximum Gasteiger partial charge on any atom is 0.344 e. The highest BCUT2D eigenvalue weighted by atomic mass is 16.6. The first kappa shape index (κ1) is 17.6. The molecule has 0 radical (unpaired) electrons. The van der Waals surface area contributed by atoms with Gasteiger partial charge in [-0.2, -0.15) is 0 Å². The summed E-state index contributed by atoms with van der Waals surface area (Å²) in [6, 6.07) is 13.5. The molecule has 2 heterocycles. The molecule has 3 aromatic rings. The zero-order valence-corrected chi connectivity index (χ0v) is 14.9. The van der Waals surface area contributed by atoms with Crippen LogP contribution in [0.5, 0.6) is 11.5 Å². The van der Waals surface area contributed by atoms with Gasteiger partial charge in [0.1, 0.15) is 17.3 Å². The van der Waals surface area contributed by atoms with Crippen molar-refractivity contribution in [1.82, 2.24) is 0 Å². The molecule has 4 rings (SSSR count). The molecule has 0 spiro atoms. The zero-order valence-electron chi connectivity index (χ0n) is 14.9. The summed E-state index contributed by atoms with van der Waals surface area (Å²) in [6.45, 7) is 2.34. The number of para-hydroxylation sites is 1. The Morgan fingerprint density at radius 2 is 1.89 bits per heavy atom. The van der Waals surface area contributed by atoms with E-state index in [-0.39, 0.29) is 17.2 Å². The quantitative estimate of drug-likeness (QED) is 0.420. The van der Waals surface area contributed by atoms with E-state index in [1.54, 1.807) is 48.5 Å². The first-order valence-corrected chi connectivity index (χ1v) is 8.61. The summed E-state index contributed by atoms with van der Waals surface area (Å²) in [5.41, 5.74) is 5.65. The molecule has 2 N–H and O–H groups in total. The van der Waals surface area contributed by atoms with Gasteiger partial charge in [-0.1, -0.05) is 24.3 Å². The van der Waals surface area contributed by atoms with Crippen LogP contribution in [0.4, 0.5) is 0 Å². The number of ether oxygens (including phenoxy) is 2. The average molecular weight is 380 g/mol. The zero-order chi connectivity index (χ0) is 19.8. The summed E-state index contributed by atoms with van der Waals surface area (Å²) in [4.78, 5) is 23.9. The number of allylic oxidation sites excluding steroid dienone is 1. The van der Waals surface area contributed by atoms with Gasteiger partial charge in [-0.15, -0.1) is 0 Å². The van der Waals surface area contributed by atoms with Crippen molar-refractivity contribution in [3.05, 3.63) is 91.8 Å². The van der Waals surface area contributed by atoms with Gasteiger partial charge in [-0.25, -0.2) is 4.79 Å². The lowest BCUT2D eigenvalue weighted by atomic mass is 9.87. The second-order valence-electron chi connectivity index (χ2n) is 6.17. The van der Waals surface area contributed by atoms with Crippen molar-refractivity contribution in [3.8, 4) is 11.5 Å². The SMILES string of the molecule is CCOc1ccc([C@@H]2C([N+](=O)[O-])=C(N)Oc3c2c(=O)oc2ccccc32)cc1. The normalized spacial score (nSPS) is 15.8. The lowest BCUT2D eigenvalue weighted by Crippen LogP contribution is -2.29. The molecule has 1 aromatic heterocycles. The van der Waals surface area contributed by atoms with Gasteiger partial charge in [-0.3, -0.25) is 10.1 Å². The fourth-order valence-electron chi connectivity index (χ4n) is 3.38. The van der Waals surface area contributed by atoms with Crippen molar-refractivity contribution in [2.75, 3.05) is 6.61 Å². The largest absolute Gasteiger partial charge is 0.494 e. The molecule has 1 aliphatic heterocycles. The summed E-state index contributed by atoms with van der Waals surface area (Å²) in [6.07, 6.45) is 0. The molecule has 0 saturated heterocycles. The fraction of sp³-hybridized carbons (Fsp3) is 0.150. The van der Waals surface area contributed by atoms with Gasteiger partial charge >= 0.3 is 11.3 Å². The van der Waals surface area contributed by atoms with Crippen LogP contribution >= 0.6 is 0 Å². The predicted molar refractivity (Wildman–Crippen MR) is 101 cm³/mol. The summed E-state index contributed by atoms with van der Waals surface area (Å²) < 4.78 is 16.4. The van der Waals surface area contributed by atoms with Crippen molar-refractivity contribution in [2.45, 2.75) is 12.8 Å². The Kier molecular flexibility index (Phi) is 4.23. The van der Waals surface area contributed by atoms with Gasteiger partial charge in [0.15, 0.2) is 5.75 Å². The van der Waals surface area contributed by atoms with E-state index in [0.717, 1.165) is 0 Å². The number of hydrogen-bond acceptors (Lipinski definition) is 7. The highest BCUT2D eigenvalue weighted by Crippen LogP contribution is 2.43. The molecule has 0 unspecified atom stereocenters. The summed E-state index contributed by atoms with van der Waals surface area (Å²) in [5.74, 6) is -0.597. The molecule has 1 aliphatic rings. The Morgan fingerprint density at radius 3 is 2.57 bits per heavy atom. The van der Waals surface area contributed by atoms with E-state index in [4.69, 9.17) is 19.6 Å². The average Bonchev–Trinajstić information content (AvgIpc) is 2.67. The van der Waals surface area contributed by atoms with E-state index < -0.39 is 22.2 Å². The van der Waals surface area contributed by atoms with Gasteiger partial charge in [-0.05, 0) is 36.8 Å². The Bertz CT molecular complexity index is 1160. The third-order valence-corrected chi connectivity index (χ3v) is 4.55. The highest BCUT2D eigenvalue weighted by molar-refractivity contribution is 5.85. The third kappa shape index (κ3) is 2.75. The molecular weight excluding hydrogens is 364 g/mol. The standard InChI is InChI=1S/C20H16N2O6/c1-2-26-12-9-7-11(8-10-12)15-16-18(28-19(21)17(15)22(24)25)13-5-3-4-6-14(13)27-20(16)23/h3-10,15H,2,21H2,1H3/t15-/m0/s1. The van der Waals surface area contributed by atoms with E-state index in [1.165, 1.54) is 0 Å². The molecule has 28 heavy (non-hydrogen) atoms. The molecule has 0 saturated carbocycles. The maximum atomic E-state index is 12.7. The first-order chi connectivity index (χ1) is 13.5. The molecule has 0 aliphatic carbocycles. The van der Waals surface area contributed by atoms with E-state index in [9.17, 15) is 14.9 Å². The smallest absolute Gasteiger partial charge is 0.344 e. The number of fused-ring (bicyclic) bond motifs is 3. The first-order valence-electron chi connectivity index (χ1n) is 8.61. The lowest BCUT2D eigenvalue weighted by molar-refractivity contribution is -0.432. The summed E-state index contributed by atoms with van der Waals surface area (Å²) in [5, 5.41) is 12.2. The number of nitrogens with two attached hydrogens (primary N) is 1. The minimum absolute atomic E-state index is 0.0451. The Morgan fingerprint density at radius 1 is 1.18 bits per heavy atom. The number of benzene rings is 2. The topological polar surface area (TPSA) is 118 Å². The predicted octanol–water partition coefficient (Wildman–Crippen LogP) is 3.12. The van der Waals surface area contributed by atoms with Crippen molar-refractivity contribution in [2.24, 2.45) is 5.73 Å². The lowest BCUT2D eigenvalue weighted by Gasteiger charge is -2.24. The number of nitro groups is 1. The van der Waals surface area contributed by atoms with Crippen molar-refractivity contribution in [1.29, 1.82) is 0 Å². The number of rotatable bonds is 4. The van der Waals surface area contributed by atoms with E-state index in [1.807, 2.05) is 6.92 Å². The van der Waals surface area contributed by atoms with Crippen LogP contribution in [0.3, 0.4) is 0 Å². The third-order valence-electron chi connectivity index (χ3n) is 4.55. The van der Waals surface area contributed by atoms with Gasteiger partial charge in [0.2, 0.25) is 0 Å². The molecule has 1 atom stereocenters. The van der Waals surface area contributed by atoms with Crippen LogP contribution in [0.1, 0.15) is 24.0 Å². The van der Waals surface area contributed by atoms with Gasteiger partial charge in [0.25, 0.3) is 5.88 Å². The van der Waals surface area contributed by atoms with Gasteiger partial charge in [0, 0.05) is 0 Å². The van der Waals surface area contributed by atoms with Gasteiger partial charge in [0.05, 0.1) is 22.5 Å². The van der Waals surface area contributed by atoms with Crippen LogP contribution in [0.15, 0.2) is 69.3 Å². The van der Waals surface area contributed by atoms with E-state index >= 15 is 0 Å². The van der Waals surface area contributed by atoms with E-state index in [0.29, 0.717) is 28.9 Å². The minimum Gasteiger partial charge on any atom is -0.494 e.